The minimum atomic E-state index is -3.15. The predicted molar refractivity (Wildman–Crippen MR) is 87.4 cm³/mol. The van der Waals surface area contributed by atoms with Gasteiger partial charge in [-0.05, 0) is 29.7 Å². The van der Waals surface area contributed by atoms with Gasteiger partial charge in [-0.3, -0.25) is 0 Å². The second-order valence-electron chi connectivity index (χ2n) is 5.39. The lowest BCUT2D eigenvalue weighted by atomic mass is 10.1. The lowest BCUT2D eigenvalue weighted by molar-refractivity contribution is 0.171. The Bertz CT molecular complexity index is 682. The van der Waals surface area contributed by atoms with Crippen LogP contribution < -0.4 is 5.32 Å². The Morgan fingerprint density at radius 3 is 2.23 bits per heavy atom. The first kappa shape index (κ1) is 16.7. The summed E-state index contributed by atoms with van der Waals surface area (Å²) in [6.07, 6.45) is 1.36. The molecule has 22 heavy (non-hydrogen) atoms. The molecule has 1 unspecified atom stereocenters. The molecule has 2 N–H and O–H groups in total. The zero-order chi connectivity index (χ0) is 16.0. The van der Waals surface area contributed by atoms with Crippen molar-refractivity contribution in [2.24, 2.45) is 0 Å². The van der Waals surface area contributed by atoms with Crippen molar-refractivity contribution in [1.82, 2.24) is 5.32 Å². The van der Waals surface area contributed by atoms with E-state index in [1.807, 2.05) is 30.3 Å². The number of aliphatic hydroxyl groups excluding tert-OH is 1. The fourth-order valence-electron chi connectivity index (χ4n) is 2.20. The van der Waals surface area contributed by atoms with Gasteiger partial charge in [0, 0.05) is 19.3 Å². The van der Waals surface area contributed by atoms with E-state index in [9.17, 15) is 13.5 Å². The zero-order valence-electron chi connectivity index (χ0n) is 12.6. The summed E-state index contributed by atoms with van der Waals surface area (Å²) in [6.45, 7) is 1.08. The highest BCUT2D eigenvalue weighted by Crippen LogP contribution is 2.10. The van der Waals surface area contributed by atoms with Gasteiger partial charge in [0.25, 0.3) is 0 Å². The Kier molecular flexibility index (Phi) is 5.71. The molecule has 4 nitrogen and oxygen atoms in total. The molecule has 2 aromatic carbocycles. The molecular formula is C17H21NO3S. The molecule has 0 aliphatic rings. The summed E-state index contributed by atoms with van der Waals surface area (Å²) >= 11 is 0. The minimum Gasteiger partial charge on any atom is -0.391 e. The van der Waals surface area contributed by atoms with Crippen LogP contribution in [-0.2, 0) is 22.8 Å². The number of hydrogen-bond donors (Lipinski definition) is 2. The standard InChI is InChI=1S/C17H21NO3S/c1-22(20,21)17-9-7-15(8-10-17)12-18-13-16(19)11-14-5-3-2-4-6-14/h2-10,16,18-19H,11-13H2,1H3. The van der Waals surface area contributed by atoms with Crippen LogP contribution in [0.3, 0.4) is 0 Å². The van der Waals surface area contributed by atoms with Gasteiger partial charge in [0.1, 0.15) is 0 Å². The van der Waals surface area contributed by atoms with Gasteiger partial charge >= 0.3 is 0 Å². The molecule has 0 spiro atoms. The van der Waals surface area contributed by atoms with Gasteiger partial charge in [0.05, 0.1) is 11.0 Å². The largest absolute Gasteiger partial charge is 0.391 e. The molecule has 1 atom stereocenters. The Labute approximate surface area is 131 Å². The fraction of sp³-hybridized carbons (Fsp3) is 0.294. The quantitative estimate of drug-likeness (QED) is 0.816. The van der Waals surface area contributed by atoms with E-state index in [2.05, 4.69) is 5.32 Å². The van der Waals surface area contributed by atoms with E-state index >= 15 is 0 Å². The smallest absolute Gasteiger partial charge is 0.175 e. The number of sulfone groups is 1. The van der Waals surface area contributed by atoms with Crippen LogP contribution in [0.2, 0.25) is 0 Å². The molecule has 0 aliphatic heterocycles. The number of benzene rings is 2. The molecule has 2 aromatic rings. The molecule has 5 heteroatoms. The Morgan fingerprint density at radius 1 is 1.00 bits per heavy atom. The van der Waals surface area contributed by atoms with Crippen LogP contribution in [0.15, 0.2) is 59.5 Å². The highest BCUT2D eigenvalue weighted by molar-refractivity contribution is 7.90. The third kappa shape index (κ3) is 5.26. The van der Waals surface area contributed by atoms with Crippen molar-refractivity contribution in [2.45, 2.75) is 24.0 Å². The highest BCUT2D eigenvalue weighted by atomic mass is 32.2. The molecule has 0 fully saturated rings. The molecule has 0 amide bonds. The zero-order valence-corrected chi connectivity index (χ0v) is 13.4. The van der Waals surface area contributed by atoms with Gasteiger partial charge in [-0.15, -0.1) is 0 Å². The first-order chi connectivity index (χ1) is 10.4. The predicted octanol–water partition coefficient (Wildman–Crippen LogP) is 1.78. The van der Waals surface area contributed by atoms with E-state index in [0.29, 0.717) is 24.4 Å². The van der Waals surface area contributed by atoms with E-state index in [4.69, 9.17) is 0 Å². The average Bonchev–Trinajstić information content (AvgIpc) is 2.48. The van der Waals surface area contributed by atoms with Crippen LogP contribution in [0.25, 0.3) is 0 Å². The van der Waals surface area contributed by atoms with E-state index in [1.54, 1.807) is 24.3 Å². The molecular weight excluding hydrogens is 298 g/mol. The van der Waals surface area contributed by atoms with Crippen LogP contribution in [0.4, 0.5) is 0 Å². The van der Waals surface area contributed by atoms with E-state index < -0.39 is 15.9 Å². The fourth-order valence-corrected chi connectivity index (χ4v) is 2.83. The van der Waals surface area contributed by atoms with Crippen LogP contribution >= 0.6 is 0 Å². The monoisotopic (exact) mass is 319 g/mol. The van der Waals surface area contributed by atoms with Crippen molar-refractivity contribution in [3.05, 3.63) is 65.7 Å². The summed E-state index contributed by atoms with van der Waals surface area (Å²) in [5.74, 6) is 0. The van der Waals surface area contributed by atoms with Crippen molar-refractivity contribution in [1.29, 1.82) is 0 Å². The first-order valence-electron chi connectivity index (χ1n) is 7.17. The van der Waals surface area contributed by atoms with Crippen molar-refractivity contribution < 1.29 is 13.5 Å². The van der Waals surface area contributed by atoms with Crippen LogP contribution in [0, 0.1) is 0 Å². The number of aliphatic hydroxyl groups is 1. The number of rotatable bonds is 7. The second kappa shape index (κ2) is 7.54. The van der Waals surface area contributed by atoms with Gasteiger partial charge < -0.3 is 10.4 Å². The summed E-state index contributed by atoms with van der Waals surface area (Å²) < 4.78 is 22.7. The normalized spacial score (nSPS) is 13.0. The molecule has 0 heterocycles. The SMILES string of the molecule is CS(=O)(=O)c1ccc(CNCC(O)Cc2ccccc2)cc1. The number of hydrogen-bond acceptors (Lipinski definition) is 4. The summed E-state index contributed by atoms with van der Waals surface area (Å²) in [7, 11) is -3.15. The Balaban J connectivity index is 1.79. The maximum atomic E-state index is 11.4. The highest BCUT2D eigenvalue weighted by Gasteiger charge is 2.07. The van der Waals surface area contributed by atoms with Crippen molar-refractivity contribution in [3.63, 3.8) is 0 Å². The maximum absolute atomic E-state index is 11.4. The molecule has 0 aromatic heterocycles. The molecule has 0 bridgehead atoms. The van der Waals surface area contributed by atoms with Gasteiger partial charge in [0.15, 0.2) is 9.84 Å². The van der Waals surface area contributed by atoms with Crippen molar-refractivity contribution >= 4 is 9.84 Å². The van der Waals surface area contributed by atoms with Gasteiger partial charge in [-0.2, -0.15) is 0 Å². The summed E-state index contributed by atoms with van der Waals surface area (Å²) in [6, 6.07) is 16.6. The molecule has 2 rings (SSSR count). The third-order valence-electron chi connectivity index (χ3n) is 3.37. The van der Waals surface area contributed by atoms with Gasteiger partial charge in [-0.25, -0.2) is 8.42 Å². The van der Waals surface area contributed by atoms with E-state index in [0.717, 1.165) is 11.1 Å². The average molecular weight is 319 g/mol. The molecule has 0 saturated carbocycles. The van der Waals surface area contributed by atoms with Crippen molar-refractivity contribution in [2.75, 3.05) is 12.8 Å². The van der Waals surface area contributed by atoms with E-state index in [1.165, 1.54) is 6.26 Å². The summed E-state index contributed by atoms with van der Waals surface area (Å²) in [5.41, 5.74) is 2.09. The minimum absolute atomic E-state index is 0.320. The van der Waals surface area contributed by atoms with Gasteiger partial charge in [0.2, 0.25) is 0 Å². The molecule has 0 radical (unpaired) electrons. The third-order valence-corrected chi connectivity index (χ3v) is 4.50. The Morgan fingerprint density at radius 2 is 1.64 bits per heavy atom. The van der Waals surface area contributed by atoms with Crippen LogP contribution in [0.1, 0.15) is 11.1 Å². The van der Waals surface area contributed by atoms with Crippen LogP contribution in [-0.4, -0.2) is 32.4 Å². The summed E-state index contributed by atoms with van der Waals surface area (Å²) in [5, 5.41) is 13.2. The topological polar surface area (TPSA) is 66.4 Å². The summed E-state index contributed by atoms with van der Waals surface area (Å²) in [4.78, 5) is 0.320. The molecule has 118 valence electrons. The van der Waals surface area contributed by atoms with Gasteiger partial charge in [-0.1, -0.05) is 42.5 Å². The number of nitrogens with one attached hydrogen (secondary N) is 1. The molecule has 0 aliphatic carbocycles. The molecule has 0 saturated heterocycles. The van der Waals surface area contributed by atoms with E-state index in [-0.39, 0.29) is 0 Å². The maximum Gasteiger partial charge on any atom is 0.175 e. The lowest BCUT2D eigenvalue weighted by Gasteiger charge is -2.12. The van der Waals surface area contributed by atoms with Crippen molar-refractivity contribution in [3.8, 4) is 0 Å². The second-order valence-corrected chi connectivity index (χ2v) is 7.41. The lowest BCUT2D eigenvalue weighted by Crippen LogP contribution is -2.28. The first-order valence-corrected chi connectivity index (χ1v) is 9.06. The van der Waals surface area contributed by atoms with Crippen LogP contribution in [0.5, 0.6) is 0 Å². The Hall–Kier alpha value is -1.69.